The van der Waals surface area contributed by atoms with Crippen molar-refractivity contribution in [1.82, 2.24) is 14.7 Å². The number of nitrogens with zero attached hydrogens (tertiary/aromatic N) is 3. The van der Waals surface area contributed by atoms with Gasteiger partial charge in [0.25, 0.3) is 5.91 Å². The number of ether oxygens (including phenoxy) is 2. The lowest BCUT2D eigenvalue weighted by Crippen LogP contribution is -2.42. The molecule has 0 saturated carbocycles. The molecule has 0 radical (unpaired) electrons. The highest BCUT2D eigenvalue weighted by Gasteiger charge is 2.30. The lowest BCUT2D eigenvalue weighted by Gasteiger charge is -2.32. The third kappa shape index (κ3) is 4.12. The second-order valence-corrected chi connectivity index (χ2v) is 9.41. The molecule has 0 N–H and O–H groups in total. The molecule has 1 aromatic heterocycles. The van der Waals surface area contributed by atoms with Crippen LogP contribution in [0.5, 0.6) is 0 Å². The molecule has 1 unspecified atom stereocenters. The Morgan fingerprint density at radius 2 is 2.03 bits per heavy atom. The Morgan fingerprint density at radius 3 is 2.85 bits per heavy atom. The summed E-state index contributed by atoms with van der Waals surface area (Å²) >= 11 is 1.68. The number of thioether (sulfide) groups is 1. The normalized spacial score (nSPS) is 17.1. The summed E-state index contributed by atoms with van der Waals surface area (Å²) in [5.41, 5.74) is 4.41. The number of carbonyl (C=O) groups excluding carboxylic acids is 2. The number of hydrogen-bond acceptors (Lipinski definition) is 6. The molecule has 2 aliphatic heterocycles. The highest BCUT2D eigenvalue weighted by molar-refractivity contribution is 7.98. The summed E-state index contributed by atoms with van der Waals surface area (Å²) in [4.78, 5) is 29.0. The fourth-order valence-electron chi connectivity index (χ4n) is 4.62. The number of benzene rings is 2. The molecule has 176 valence electrons. The molecule has 3 aromatic rings. The van der Waals surface area contributed by atoms with E-state index in [4.69, 9.17) is 14.6 Å². The van der Waals surface area contributed by atoms with Crippen molar-refractivity contribution in [1.29, 1.82) is 0 Å². The van der Waals surface area contributed by atoms with E-state index in [1.165, 1.54) is 0 Å². The summed E-state index contributed by atoms with van der Waals surface area (Å²) in [5, 5.41) is 4.70. The summed E-state index contributed by atoms with van der Waals surface area (Å²) in [6, 6.07) is 15.6. The number of methoxy groups -OCH3 is 1. The van der Waals surface area contributed by atoms with Crippen molar-refractivity contribution in [2.45, 2.75) is 36.5 Å². The van der Waals surface area contributed by atoms with E-state index < -0.39 is 5.97 Å². The van der Waals surface area contributed by atoms with Gasteiger partial charge < -0.3 is 14.4 Å². The second kappa shape index (κ2) is 9.64. The Morgan fingerprint density at radius 1 is 1.18 bits per heavy atom. The molecule has 0 aliphatic carbocycles. The first-order valence-corrected chi connectivity index (χ1v) is 12.5. The summed E-state index contributed by atoms with van der Waals surface area (Å²) < 4.78 is 12.6. The topological polar surface area (TPSA) is 73.7 Å². The van der Waals surface area contributed by atoms with Crippen LogP contribution >= 0.6 is 11.8 Å². The molecule has 2 aliphatic rings. The fourth-order valence-corrected chi connectivity index (χ4v) is 5.69. The number of piperidine rings is 1. The smallest absolute Gasteiger partial charge is 0.359 e. The fraction of sp³-hybridized carbons (Fsp3) is 0.346. The first kappa shape index (κ1) is 22.7. The van der Waals surface area contributed by atoms with Crippen LogP contribution in [0.2, 0.25) is 0 Å². The molecule has 8 heteroatoms. The number of carbonyl (C=O) groups is 2. The van der Waals surface area contributed by atoms with E-state index in [0.29, 0.717) is 23.6 Å². The average Bonchev–Trinajstić information content (AvgIpc) is 3.29. The van der Waals surface area contributed by atoms with E-state index >= 15 is 0 Å². The maximum Gasteiger partial charge on any atom is 0.359 e. The zero-order valence-electron chi connectivity index (χ0n) is 19.3. The first-order chi connectivity index (χ1) is 16.6. The van der Waals surface area contributed by atoms with E-state index in [9.17, 15) is 9.59 Å². The van der Waals surface area contributed by atoms with Gasteiger partial charge in [-0.3, -0.25) is 4.79 Å². The van der Waals surface area contributed by atoms with Crippen molar-refractivity contribution in [2.75, 3.05) is 26.8 Å². The molecule has 0 spiro atoms. The molecule has 0 bridgehead atoms. The van der Waals surface area contributed by atoms with Crippen LogP contribution in [-0.2, 0) is 15.2 Å². The minimum absolute atomic E-state index is 0.0220. The van der Waals surface area contributed by atoms with Gasteiger partial charge in [0.1, 0.15) is 0 Å². The van der Waals surface area contributed by atoms with Gasteiger partial charge in [-0.2, -0.15) is 5.10 Å². The minimum Gasteiger partial charge on any atom is -0.461 e. The summed E-state index contributed by atoms with van der Waals surface area (Å²) in [7, 11) is 1.69. The Hall–Kier alpha value is -3.10. The van der Waals surface area contributed by atoms with Crippen molar-refractivity contribution < 1.29 is 19.1 Å². The van der Waals surface area contributed by atoms with E-state index in [1.807, 2.05) is 47.4 Å². The molecule has 5 rings (SSSR count). The lowest BCUT2D eigenvalue weighted by molar-refractivity contribution is 0.0269. The number of amides is 1. The van der Waals surface area contributed by atoms with Crippen molar-refractivity contribution in [3.8, 4) is 16.9 Å². The largest absolute Gasteiger partial charge is 0.461 e. The first-order valence-electron chi connectivity index (χ1n) is 11.5. The van der Waals surface area contributed by atoms with Gasteiger partial charge in [-0.1, -0.05) is 24.3 Å². The third-order valence-corrected chi connectivity index (χ3v) is 7.40. The highest BCUT2D eigenvalue weighted by Crippen LogP contribution is 2.43. The van der Waals surface area contributed by atoms with Crippen molar-refractivity contribution in [3.63, 3.8) is 0 Å². The van der Waals surface area contributed by atoms with Gasteiger partial charge in [0.2, 0.25) is 0 Å². The van der Waals surface area contributed by atoms with E-state index in [0.717, 1.165) is 46.8 Å². The van der Waals surface area contributed by atoms with E-state index in [-0.39, 0.29) is 18.6 Å². The molecule has 3 heterocycles. The Bertz CT molecular complexity index is 1240. The number of fused-ring (bicyclic) bond motifs is 3. The summed E-state index contributed by atoms with van der Waals surface area (Å²) in [5.74, 6) is 0.181. The zero-order chi connectivity index (χ0) is 23.7. The van der Waals surface area contributed by atoms with Crippen LogP contribution in [0.3, 0.4) is 0 Å². The lowest BCUT2D eigenvalue weighted by atomic mass is 10.0. The summed E-state index contributed by atoms with van der Waals surface area (Å²) in [6.07, 6.45) is 1.96. The maximum atomic E-state index is 13.3. The molecule has 34 heavy (non-hydrogen) atoms. The van der Waals surface area contributed by atoms with Crippen LogP contribution in [-0.4, -0.2) is 59.5 Å². The SMILES string of the molecule is CCOC(=O)c1nn(-c2cccc(C(=O)N3CCCC(OC)C3)c2)c2c1CSc1ccccc1-2. The number of hydrogen-bond donors (Lipinski definition) is 0. The monoisotopic (exact) mass is 477 g/mol. The predicted molar refractivity (Wildman–Crippen MR) is 130 cm³/mol. The van der Waals surface area contributed by atoms with Crippen LogP contribution in [0.25, 0.3) is 16.9 Å². The predicted octanol–water partition coefficient (Wildman–Crippen LogP) is 4.57. The van der Waals surface area contributed by atoms with Crippen molar-refractivity contribution in [3.05, 3.63) is 65.4 Å². The van der Waals surface area contributed by atoms with Gasteiger partial charge >= 0.3 is 5.97 Å². The summed E-state index contributed by atoms with van der Waals surface area (Å²) in [6.45, 7) is 3.38. The molecule has 1 saturated heterocycles. The van der Waals surface area contributed by atoms with Gasteiger partial charge in [-0.05, 0) is 44.0 Å². The molecule has 7 nitrogen and oxygen atoms in total. The molecule has 1 amide bonds. The molecular weight excluding hydrogens is 450 g/mol. The van der Waals surface area contributed by atoms with E-state index in [1.54, 1.807) is 30.5 Å². The van der Waals surface area contributed by atoms with Crippen LogP contribution in [0.4, 0.5) is 0 Å². The van der Waals surface area contributed by atoms with Crippen molar-refractivity contribution >= 4 is 23.6 Å². The van der Waals surface area contributed by atoms with Gasteiger partial charge in [0.05, 0.1) is 24.1 Å². The third-order valence-electron chi connectivity index (χ3n) is 6.30. The molecule has 1 atom stereocenters. The standard InChI is InChI=1S/C26H27N3O4S/c1-3-33-26(31)23-21-16-34-22-12-5-4-11-20(22)24(21)29(27-23)18-9-6-8-17(14-18)25(30)28-13-7-10-19(15-28)32-2/h4-6,8-9,11-12,14,19H,3,7,10,13,15-16H2,1-2H3. The van der Waals surface area contributed by atoms with Gasteiger partial charge in [0.15, 0.2) is 5.69 Å². The Labute approximate surface area is 203 Å². The van der Waals surface area contributed by atoms with Crippen LogP contribution < -0.4 is 0 Å². The number of esters is 1. The molecule has 1 fully saturated rings. The van der Waals surface area contributed by atoms with E-state index in [2.05, 4.69) is 6.07 Å². The average molecular weight is 478 g/mol. The number of aromatic nitrogens is 2. The van der Waals surface area contributed by atoms with Crippen LogP contribution in [0, 0.1) is 0 Å². The van der Waals surface area contributed by atoms with Crippen molar-refractivity contribution in [2.24, 2.45) is 0 Å². The van der Waals surface area contributed by atoms with Crippen LogP contribution in [0.15, 0.2) is 53.4 Å². The Balaban J connectivity index is 1.57. The highest BCUT2D eigenvalue weighted by atomic mass is 32.2. The minimum atomic E-state index is -0.427. The quantitative estimate of drug-likeness (QED) is 0.501. The number of rotatable bonds is 5. The second-order valence-electron chi connectivity index (χ2n) is 8.39. The number of likely N-dealkylation sites (tertiary alicyclic amines) is 1. The van der Waals surface area contributed by atoms with Gasteiger partial charge in [-0.15, -0.1) is 11.8 Å². The Kier molecular flexibility index (Phi) is 6.43. The maximum absolute atomic E-state index is 13.3. The van der Waals surface area contributed by atoms with Crippen LogP contribution in [0.1, 0.15) is 46.2 Å². The zero-order valence-corrected chi connectivity index (χ0v) is 20.1. The van der Waals surface area contributed by atoms with Gasteiger partial charge in [-0.25, -0.2) is 9.48 Å². The molecule has 2 aromatic carbocycles. The molecular formula is C26H27N3O4S. The van der Waals surface area contributed by atoms with Gasteiger partial charge in [0, 0.05) is 47.5 Å².